The van der Waals surface area contributed by atoms with Crippen molar-refractivity contribution in [2.45, 2.75) is 84.5 Å². The predicted octanol–water partition coefficient (Wildman–Crippen LogP) is 16.4. The number of aromatic nitrogens is 1. The Balaban J connectivity index is 1.13. The highest BCUT2D eigenvalue weighted by Gasteiger charge is 2.43. The van der Waals surface area contributed by atoms with Crippen molar-refractivity contribution in [3.63, 3.8) is 0 Å². The van der Waals surface area contributed by atoms with E-state index in [1.165, 1.54) is 149 Å². The highest BCUT2D eigenvalue weighted by molar-refractivity contribution is 7.25. The maximum atomic E-state index is 4.08. The average Bonchev–Trinajstić information content (AvgIpc) is 3.96. The number of aryl methyl sites for hydroxylation is 2. The van der Waals surface area contributed by atoms with E-state index in [0.29, 0.717) is 0 Å². The Bertz CT molecular complexity index is 4060. The summed E-state index contributed by atoms with van der Waals surface area (Å²) in [7, 11) is 0.840. The van der Waals surface area contributed by atoms with Crippen molar-refractivity contribution in [2.24, 2.45) is 0 Å². The SMILES string of the molecule is Cc1ccc(Nc2cc3c(cc2-c2cc(-c4ccc5c(c4)sc4ccccc45)c4c5ccc6ccccc6c5n5c4c2Bc2cc(C)ccc2-5)-c2cc4c(cc2C3(C)C)C(C)(C)CCC4(C)C)cc1. The summed E-state index contributed by atoms with van der Waals surface area (Å²) in [6.45, 7) is 19.2. The van der Waals surface area contributed by atoms with E-state index in [-0.39, 0.29) is 16.2 Å². The zero-order chi connectivity index (χ0) is 46.9. The van der Waals surface area contributed by atoms with Crippen molar-refractivity contribution in [1.82, 2.24) is 4.57 Å². The van der Waals surface area contributed by atoms with E-state index >= 15 is 0 Å². The summed E-state index contributed by atoms with van der Waals surface area (Å²) in [5.74, 6) is 0. The quantitative estimate of drug-likeness (QED) is 0.174. The number of fused-ring (bicyclic) bond motifs is 14. The molecular weight excluding hydrogens is 852 g/mol. The molecule has 2 aromatic heterocycles. The van der Waals surface area contributed by atoms with Gasteiger partial charge < -0.3 is 9.88 Å². The first-order valence-electron chi connectivity index (χ1n) is 25.0. The number of rotatable bonds is 4. The van der Waals surface area contributed by atoms with Gasteiger partial charge in [0.2, 0.25) is 0 Å². The van der Waals surface area contributed by atoms with Gasteiger partial charge in [-0.1, -0.05) is 155 Å². The van der Waals surface area contributed by atoms with E-state index in [4.69, 9.17) is 0 Å². The Morgan fingerprint density at radius 1 is 0.507 bits per heavy atom. The minimum Gasteiger partial charge on any atom is -0.355 e. The molecule has 0 fully saturated rings. The largest absolute Gasteiger partial charge is 0.355 e. The van der Waals surface area contributed by atoms with Gasteiger partial charge in [-0.2, -0.15) is 0 Å². The van der Waals surface area contributed by atoms with Crippen molar-refractivity contribution < 1.29 is 0 Å². The van der Waals surface area contributed by atoms with Crippen LogP contribution < -0.4 is 16.2 Å². The van der Waals surface area contributed by atoms with Crippen LogP contribution >= 0.6 is 11.3 Å². The summed E-state index contributed by atoms with van der Waals surface area (Å²) in [5.41, 5.74) is 25.2. The van der Waals surface area contributed by atoms with Gasteiger partial charge in [0, 0.05) is 69.9 Å². The number of benzene rings is 9. The van der Waals surface area contributed by atoms with Crippen molar-refractivity contribution in [3.8, 4) is 39.1 Å². The topological polar surface area (TPSA) is 17.0 Å². The van der Waals surface area contributed by atoms with Gasteiger partial charge in [0.05, 0.1) is 5.52 Å². The van der Waals surface area contributed by atoms with Gasteiger partial charge in [0.1, 0.15) is 0 Å². The Hall–Kier alpha value is -6.88. The van der Waals surface area contributed by atoms with Crippen molar-refractivity contribution in [2.75, 3.05) is 5.32 Å². The average molecular weight is 907 g/mol. The van der Waals surface area contributed by atoms with Crippen molar-refractivity contribution in [1.29, 1.82) is 0 Å². The molecule has 69 heavy (non-hydrogen) atoms. The molecule has 0 atom stereocenters. The maximum Gasteiger partial charge on any atom is 0.198 e. The molecule has 0 unspecified atom stereocenters. The number of nitrogens with zero attached hydrogens (tertiary/aromatic N) is 1. The lowest BCUT2D eigenvalue weighted by atomic mass is 9.58. The fourth-order valence-electron chi connectivity index (χ4n) is 13.0. The highest BCUT2D eigenvalue weighted by atomic mass is 32.1. The number of hydrogen-bond acceptors (Lipinski definition) is 2. The zero-order valence-electron chi connectivity index (χ0n) is 40.9. The third kappa shape index (κ3) is 5.85. The lowest BCUT2D eigenvalue weighted by Crippen LogP contribution is -2.37. The summed E-state index contributed by atoms with van der Waals surface area (Å²) in [6.07, 6.45) is 2.39. The first-order chi connectivity index (χ1) is 33.2. The van der Waals surface area contributed by atoms with E-state index in [1.54, 1.807) is 0 Å². The molecule has 11 aromatic rings. The van der Waals surface area contributed by atoms with Crippen LogP contribution in [0.15, 0.2) is 152 Å². The lowest BCUT2D eigenvalue weighted by molar-refractivity contribution is 0.331. The van der Waals surface area contributed by atoms with Crippen LogP contribution in [0.25, 0.3) is 91.8 Å². The molecule has 1 aliphatic heterocycles. The van der Waals surface area contributed by atoms with Crippen LogP contribution in [0.3, 0.4) is 0 Å². The molecular formula is C65H55BN2S. The molecule has 334 valence electrons. The molecule has 0 amide bonds. The van der Waals surface area contributed by atoms with Gasteiger partial charge in [-0.25, -0.2) is 0 Å². The molecule has 1 N–H and O–H groups in total. The fourth-order valence-corrected chi connectivity index (χ4v) is 14.2. The molecule has 4 heteroatoms. The molecule has 14 rings (SSSR count). The Morgan fingerprint density at radius 3 is 1.99 bits per heavy atom. The zero-order valence-corrected chi connectivity index (χ0v) is 41.7. The minimum atomic E-state index is -0.188. The molecule has 0 radical (unpaired) electrons. The van der Waals surface area contributed by atoms with Crippen LogP contribution in [0.1, 0.15) is 87.8 Å². The molecule has 3 heterocycles. The summed E-state index contributed by atoms with van der Waals surface area (Å²) >= 11 is 1.90. The molecule has 0 saturated heterocycles. The van der Waals surface area contributed by atoms with Crippen LogP contribution in [0.4, 0.5) is 11.4 Å². The summed E-state index contributed by atoms with van der Waals surface area (Å²) in [6, 6.07) is 58.9. The Kier molecular flexibility index (Phi) is 8.41. The predicted molar refractivity (Wildman–Crippen MR) is 301 cm³/mol. The van der Waals surface area contributed by atoms with E-state index in [1.807, 2.05) is 11.3 Å². The molecule has 0 saturated carbocycles. The van der Waals surface area contributed by atoms with Crippen molar-refractivity contribution >= 4 is 93.7 Å². The fraction of sp³-hybridized carbons (Fsp3) is 0.200. The second-order valence-corrected chi connectivity index (χ2v) is 23.7. The van der Waals surface area contributed by atoms with Crippen LogP contribution in [0.2, 0.25) is 0 Å². The van der Waals surface area contributed by atoms with Crippen LogP contribution in [0.5, 0.6) is 0 Å². The molecule has 2 aliphatic carbocycles. The second-order valence-electron chi connectivity index (χ2n) is 22.6. The van der Waals surface area contributed by atoms with Crippen LogP contribution in [-0.2, 0) is 16.2 Å². The van der Waals surface area contributed by atoms with Crippen molar-refractivity contribution in [3.05, 3.63) is 185 Å². The molecule has 3 aliphatic rings. The first kappa shape index (κ1) is 41.1. The molecule has 9 aromatic carbocycles. The highest BCUT2D eigenvalue weighted by Crippen LogP contribution is 2.57. The van der Waals surface area contributed by atoms with Crippen LogP contribution in [0, 0.1) is 13.8 Å². The number of nitrogens with one attached hydrogen (secondary N) is 1. The maximum absolute atomic E-state index is 4.08. The second kappa shape index (κ2) is 14.1. The standard InChI is InChI=1S/C65H55BN2S/c1-36-17-22-40(23-18-36)67-55-35-51-46(47-33-52-53(34-50(47)65(51,7)8)64(5,6)28-27-63(52,3)4)32-48(55)49-31-45(39-21-24-43-42-15-11-12-16-57(42)69-58(43)30-39)59-44-25-20-38-13-9-10-14-41(38)61(44)68-56-26-19-37(2)29-54(56)66-60(49)62(59)68/h9-26,29-35,66-67H,27-28H2,1-8H3. The van der Waals surface area contributed by atoms with Gasteiger partial charge >= 0.3 is 0 Å². The van der Waals surface area contributed by atoms with Gasteiger partial charge in [-0.05, 0) is 153 Å². The van der Waals surface area contributed by atoms with E-state index in [9.17, 15) is 0 Å². The normalized spacial score (nSPS) is 15.9. The minimum absolute atomic E-state index is 0.102. The summed E-state index contributed by atoms with van der Waals surface area (Å²) in [4.78, 5) is 0. The van der Waals surface area contributed by atoms with Gasteiger partial charge in [0.15, 0.2) is 7.28 Å². The van der Waals surface area contributed by atoms with Gasteiger partial charge in [-0.3, -0.25) is 0 Å². The summed E-state index contributed by atoms with van der Waals surface area (Å²) in [5, 5.41) is 11.9. The van der Waals surface area contributed by atoms with E-state index in [2.05, 4.69) is 217 Å². The number of hydrogen-bond donors (Lipinski definition) is 1. The van der Waals surface area contributed by atoms with E-state index < -0.39 is 0 Å². The molecule has 0 bridgehead atoms. The lowest BCUT2D eigenvalue weighted by Gasteiger charge is -2.42. The monoisotopic (exact) mass is 906 g/mol. The third-order valence-corrected chi connectivity index (χ3v) is 18.1. The number of anilines is 2. The van der Waals surface area contributed by atoms with Gasteiger partial charge in [-0.15, -0.1) is 11.3 Å². The van der Waals surface area contributed by atoms with Crippen LogP contribution in [-0.4, -0.2) is 11.8 Å². The number of thiophene rings is 1. The molecule has 2 nitrogen and oxygen atoms in total. The van der Waals surface area contributed by atoms with Gasteiger partial charge in [0.25, 0.3) is 0 Å². The Morgan fingerprint density at radius 2 is 1.17 bits per heavy atom. The third-order valence-electron chi connectivity index (χ3n) is 17.0. The molecule has 0 spiro atoms. The van der Waals surface area contributed by atoms with E-state index in [0.717, 1.165) is 18.7 Å². The Labute approximate surface area is 409 Å². The smallest absolute Gasteiger partial charge is 0.198 e. The first-order valence-corrected chi connectivity index (χ1v) is 25.8. The summed E-state index contributed by atoms with van der Waals surface area (Å²) < 4.78 is 5.30.